The van der Waals surface area contributed by atoms with Crippen LogP contribution in [-0.4, -0.2) is 68.8 Å². The van der Waals surface area contributed by atoms with Gasteiger partial charge in [0.15, 0.2) is 6.04 Å². The average molecular weight is 352 g/mol. The second-order valence-corrected chi connectivity index (χ2v) is 8.57. The first-order valence-corrected chi connectivity index (χ1v) is 10.1. The van der Waals surface area contributed by atoms with E-state index in [1.54, 1.807) is 30.3 Å². The van der Waals surface area contributed by atoms with Crippen molar-refractivity contribution in [2.75, 3.05) is 39.3 Å². The quantitative estimate of drug-likeness (QED) is 0.801. The Bertz CT molecular complexity index is 664. The van der Waals surface area contributed by atoms with Crippen LogP contribution in [0.2, 0.25) is 0 Å². The van der Waals surface area contributed by atoms with Crippen molar-refractivity contribution in [3.63, 3.8) is 0 Å². The lowest BCUT2D eigenvalue weighted by Gasteiger charge is -2.35. The minimum absolute atomic E-state index is 0.0234. The van der Waals surface area contributed by atoms with Gasteiger partial charge in [0.05, 0.1) is 18.0 Å². The highest BCUT2D eigenvalue weighted by Crippen LogP contribution is 2.17. The summed E-state index contributed by atoms with van der Waals surface area (Å²) < 4.78 is 26.7. The van der Waals surface area contributed by atoms with Crippen molar-refractivity contribution in [2.45, 2.75) is 30.7 Å². The SMILES string of the molecule is C[C@H](C(=O)N1CCN(S(=O)(=O)c2ccccc2)CC1)[NH+]1CCCC1. The van der Waals surface area contributed by atoms with Crippen LogP contribution < -0.4 is 4.90 Å². The van der Waals surface area contributed by atoms with Crippen molar-refractivity contribution in [1.29, 1.82) is 0 Å². The van der Waals surface area contributed by atoms with Crippen molar-refractivity contribution in [3.05, 3.63) is 30.3 Å². The van der Waals surface area contributed by atoms with Crippen molar-refractivity contribution in [2.24, 2.45) is 0 Å². The molecular weight excluding hydrogens is 326 g/mol. The topological polar surface area (TPSA) is 62.1 Å². The molecule has 2 aliphatic heterocycles. The van der Waals surface area contributed by atoms with E-state index in [9.17, 15) is 13.2 Å². The van der Waals surface area contributed by atoms with E-state index in [1.165, 1.54) is 22.0 Å². The molecule has 0 aliphatic carbocycles. The van der Waals surface area contributed by atoms with E-state index in [2.05, 4.69) is 0 Å². The van der Waals surface area contributed by atoms with Crippen molar-refractivity contribution < 1.29 is 18.1 Å². The fraction of sp³-hybridized carbons (Fsp3) is 0.588. The summed E-state index contributed by atoms with van der Waals surface area (Å²) in [6.45, 7) is 5.81. The van der Waals surface area contributed by atoms with Gasteiger partial charge in [-0.05, 0) is 19.1 Å². The number of rotatable bonds is 4. The van der Waals surface area contributed by atoms with Crippen LogP contribution in [0, 0.1) is 0 Å². The molecular formula is C17H26N3O3S+. The molecule has 7 heteroatoms. The number of nitrogens with one attached hydrogen (secondary N) is 1. The lowest BCUT2D eigenvalue weighted by atomic mass is 10.2. The Labute approximate surface area is 144 Å². The molecule has 2 heterocycles. The van der Waals surface area contributed by atoms with Crippen LogP contribution in [0.5, 0.6) is 0 Å². The molecule has 1 atom stereocenters. The summed E-state index contributed by atoms with van der Waals surface area (Å²) in [7, 11) is -3.46. The minimum Gasteiger partial charge on any atom is -0.335 e. The second kappa shape index (κ2) is 7.21. The predicted molar refractivity (Wildman–Crippen MR) is 91.2 cm³/mol. The van der Waals surface area contributed by atoms with Crippen LogP contribution in [-0.2, 0) is 14.8 Å². The Morgan fingerprint density at radius 1 is 1.04 bits per heavy atom. The molecule has 6 nitrogen and oxygen atoms in total. The number of hydrogen-bond donors (Lipinski definition) is 1. The highest BCUT2D eigenvalue weighted by atomic mass is 32.2. The molecule has 0 aromatic heterocycles. The number of benzene rings is 1. The van der Waals surface area contributed by atoms with Gasteiger partial charge in [0, 0.05) is 39.0 Å². The second-order valence-electron chi connectivity index (χ2n) is 6.63. The Hall–Kier alpha value is -1.44. The number of sulfonamides is 1. The first-order valence-electron chi connectivity index (χ1n) is 8.69. The van der Waals surface area contributed by atoms with E-state index in [0.717, 1.165) is 13.1 Å². The lowest BCUT2D eigenvalue weighted by Crippen LogP contribution is -3.15. The number of amides is 1. The molecule has 0 saturated carbocycles. The lowest BCUT2D eigenvalue weighted by molar-refractivity contribution is -0.902. The van der Waals surface area contributed by atoms with E-state index < -0.39 is 10.0 Å². The molecule has 3 rings (SSSR count). The first-order chi connectivity index (χ1) is 11.5. The fourth-order valence-corrected chi connectivity index (χ4v) is 5.04. The van der Waals surface area contributed by atoms with Gasteiger partial charge in [-0.1, -0.05) is 18.2 Å². The zero-order chi connectivity index (χ0) is 17.2. The van der Waals surface area contributed by atoms with Gasteiger partial charge in [0.25, 0.3) is 5.91 Å². The average Bonchev–Trinajstić information content (AvgIpc) is 3.16. The van der Waals surface area contributed by atoms with Gasteiger partial charge in [0.2, 0.25) is 10.0 Å². The van der Waals surface area contributed by atoms with Gasteiger partial charge >= 0.3 is 0 Å². The van der Waals surface area contributed by atoms with Crippen molar-refractivity contribution in [3.8, 4) is 0 Å². The first kappa shape index (κ1) is 17.4. The molecule has 0 radical (unpaired) electrons. The van der Waals surface area contributed by atoms with E-state index in [1.807, 2.05) is 11.8 Å². The van der Waals surface area contributed by atoms with Gasteiger partial charge < -0.3 is 9.80 Å². The summed E-state index contributed by atoms with van der Waals surface area (Å²) in [4.78, 5) is 16.2. The molecule has 24 heavy (non-hydrogen) atoms. The highest BCUT2D eigenvalue weighted by molar-refractivity contribution is 7.89. The number of carbonyl (C=O) groups is 1. The predicted octanol–water partition coefficient (Wildman–Crippen LogP) is -0.413. The molecule has 1 aromatic rings. The Kier molecular flexibility index (Phi) is 5.22. The number of likely N-dealkylation sites (tertiary alicyclic amines) is 1. The van der Waals surface area contributed by atoms with Crippen LogP contribution in [0.3, 0.4) is 0 Å². The zero-order valence-corrected chi connectivity index (χ0v) is 15.0. The van der Waals surface area contributed by atoms with Gasteiger partial charge in [-0.3, -0.25) is 4.79 Å². The van der Waals surface area contributed by atoms with Gasteiger partial charge in [-0.15, -0.1) is 0 Å². The van der Waals surface area contributed by atoms with Gasteiger partial charge in [-0.2, -0.15) is 4.31 Å². The molecule has 1 amide bonds. The molecule has 1 aromatic carbocycles. The molecule has 1 N–H and O–H groups in total. The third-order valence-electron chi connectivity index (χ3n) is 5.16. The molecule has 2 aliphatic rings. The number of piperazine rings is 1. The van der Waals surface area contributed by atoms with E-state index >= 15 is 0 Å². The maximum absolute atomic E-state index is 12.6. The number of quaternary nitrogens is 1. The Morgan fingerprint density at radius 3 is 2.21 bits per heavy atom. The normalized spacial score (nSPS) is 21.8. The fourth-order valence-electron chi connectivity index (χ4n) is 3.60. The van der Waals surface area contributed by atoms with Crippen molar-refractivity contribution in [1.82, 2.24) is 9.21 Å². The van der Waals surface area contributed by atoms with Crippen LogP contribution >= 0.6 is 0 Å². The van der Waals surface area contributed by atoms with Crippen molar-refractivity contribution >= 4 is 15.9 Å². The maximum atomic E-state index is 12.6. The summed E-state index contributed by atoms with van der Waals surface area (Å²) in [6.07, 6.45) is 2.38. The third-order valence-corrected chi connectivity index (χ3v) is 7.07. The summed E-state index contributed by atoms with van der Waals surface area (Å²) in [5, 5.41) is 0. The Morgan fingerprint density at radius 2 is 1.62 bits per heavy atom. The molecule has 132 valence electrons. The highest BCUT2D eigenvalue weighted by Gasteiger charge is 2.35. The maximum Gasteiger partial charge on any atom is 0.280 e. The van der Waals surface area contributed by atoms with Crippen LogP contribution in [0.25, 0.3) is 0 Å². The molecule has 2 saturated heterocycles. The smallest absolute Gasteiger partial charge is 0.280 e. The monoisotopic (exact) mass is 352 g/mol. The molecule has 0 spiro atoms. The number of hydrogen-bond acceptors (Lipinski definition) is 3. The van der Waals surface area contributed by atoms with Crippen LogP contribution in [0.4, 0.5) is 0 Å². The van der Waals surface area contributed by atoms with E-state index in [-0.39, 0.29) is 11.9 Å². The summed E-state index contributed by atoms with van der Waals surface area (Å²) in [5.41, 5.74) is 0. The zero-order valence-electron chi connectivity index (χ0n) is 14.1. The number of nitrogens with zero attached hydrogens (tertiary/aromatic N) is 2. The molecule has 0 bridgehead atoms. The summed E-state index contributed by atoms with van der Waals surface area (Å²) in [5.74, 6) is 0.156. The summed E-state index contributed by atoms with van der Waals surface area (Å²) in [6, 6.07) is 8.47. The van der Waals surface area contributed by atoms with Crippen LogP contribution in [0.1, 0.15) is 19.8 Å². The standard InChI is InChI=1S/C17H25N3O3S/c1-15(18-9-5-6-10-18)17(21)19-11-13-20(14-12-19)24(22,23)16-7-3-2-4-8-16/h2-4,7-8,15H,5-6,9-14H2,1H3/p+1/t15-/m1/s1. The largest absolute Gasteiger partial charge is 0.335 e. The van der Waals surface area contributed by atoms with Crippen LogP contribution in [0.15, 0.2) is 35.2 Å². The molecule has 0 unspecified atom stereocenters. The van der Waals surface area contributed by atoms with Gasteiger partial charge in [0.1, 0.15) is 0 Å². The van der Waals surface area contributed by atoms with E-state index in [0.29, 0.717) is 31.1 Å². The summed E-state index contributed by atoms with van der Waals surface area (Å²) >= 11 is 0. The Balaban J connectivity index is 1.60. The third kappa shape index (κ3) is 3.48. The number of carbonyl (C=O) groups excluding carboxylic acids is 1. The van der Waals surface area contributed by atoms with Gasteiger partial charge in [-0.25, -0.2) is 8.42 Å². The van der Waals surface area contributed by atoms with E-state index in [4.69, 9.17) is 0 Å². The minimum atomic E-state index is -3.46. The molecule has 2 fully saturated rings.